The number of nitrogens with zero attached hydrogens (tertiary/aromatic N) is 1. The van der Waals surface area contributed by atoms with Gasteiger partial charge in [0, 0.05) is 46.1 Å². The molecule has 0 aliphatic carbocycles. The van der Waals surface area contributed by atoms with Gasteiger partial charge >= 0.3 is 0 Å². The van der Waals surface area contributed by atoms with Crippen LogP contribution >= 0.6 is 24.0 Å². The number of guanidine groups is 1. The van der Waals surface area contributed by atoms with Gasteiger partial charge in [-0.2, -0.15) is 0 Å². The van der Waals surface area contributed by atoms with E-state index < -0.39 is 0 Å². The molecule has 0 amide bonds. The van der Waals surface area contributed by atoms with Crippen LogP contribution in [0.2, 0.25) is 0 Å². The number of benzene rings is 1. The predicted octanol–water partition coefficient (Wildman–Crippen LogP) is 3.73. The minimum atomic E-state index is 0. The lowest BCUT2D eigenvalue weighted by Crippen LogP contribution is -2.38. The van der Waals surface area contributed by atoms with E-state index in [0.29, 0.717) is 19.1 Å². The summed E-state index contributed by atoms with van der Waals surface area (Å²) < 4.78 is 16.8. The molecule has 0 aromatic heterocycles. The van der Waals surface area contributed by atoms with Crippen molar-refractivity contribution in [3.05, 3.63) is 35.4 Å². The van der Waals surface area contributed by atoms with Gasteiger partial charge in [-0.3, -0.25) is 0 Å². The molecule has 1 aliphatic heterocycles. The van der Waals surface area contributed by atoms with E-state index in [2.05, 4.69) is 35.8 Å². The minimum Gasteiger partial charge on any atom is -0.381 e. The topological polar surface area (TPSA) is 64.1 Å². The fraction of sp³-hybridized carbons (Fsp3) is 0.682. The first-order valence-electron chi connectivity index (χ1n) is 10.7. The molecule has 1 heterocycles. The number of nitrogens with one attached hydrogen (secondary N) is 2. The Hall–Kier alpha value is -0.900. The molecule has 166 valence electrons. The molecule has 0 atom stereocenters. The van der Waals surface area contributed by atoms with Gasteiger partial charge in [0.15, 0.2) is 5.96 Å². The molecule has 7 heteroatoms. The zero-order chi connectivity index (χ0) is 19.9. The van der Waals surface area contributed by atoms with Crippen LogP contribution < -0.4 is 10.6 Å². The highest BCUT2D eigenvalue weighted by molar-refractivity contribution is 14.0. The van der Waals surface area contributed by atoms with E-state index in [1.165, 1.54) is 11.1 Å². The largest absolute Gasteiger partial charge is 0.381 e. The Bertz CT molecular complexity index is 566. The van der Waals surface area contributed by atoms with Crippen molar-refractivity contribution in [1.82, 2.24) is 10.6 Å². The third-order valence-corrected chi connectivity index (χ3v) is 4.78. The highest BCUT2D eigenvalue weighted by Crippen LogP contribution is 2.14. The third kappa shape index (κ3) is 11.2. The zero-order valence-electron chi connectivity index (χ0n) is 18.0. The SMILES string of the molecule is CCNC(=NCc1ccccc1COCC)NCCCOCC1CCOCC1.I. The average molecular weight is 519 g/mol. The van der Waals surface area contributed by atoms with Crippen molar-refractivity contribution in [2.75, 3.05) is 46.1 Å². The summed E-state index contributed by atoms with van der Waals surface area (Å²) in [5, 5.41) is 6.71. The number of halogens is 1. The predicted molar refractivity (Wildman–Crippen MR) is 129 cm³/mol. The second-order valence-corrected chi connectivity index (χ2v) is 7.01. The first kappa shape index (κ1) is 26.1. The first-order chi connectivity index (χ1) is 13.8. The van der Waals surface area contributed by atoms with Crippen molar-refractivity contribution < 1.29 is 14.2 Å². The van der Waals surface area contributed by atoms with Crippen LogP contribution in [0.5, 0.6) is 0 Å². The quantitative estimate of drug-likeness (QED) is 0.191. The number of hydrogen-bond acceptors (Lipinski definition) is 4. The second-order valence-electron chi connectivity index (χ2n) is 7.01. The van der Waals surface area contributed by atoms with Crippen molar-refractivity contribution in [2.45, 2.75) is 46.3 Å². The third-order valence-electron chi connectivity index (χ3n) is 4.78. The summed E-state index contributed by atoms with van der Waals surface area (Å²) in [5.41, 5.74) is 2.40. The average Bonchev–Trinajstić information content (AvgIpc) is 2.74. The molecule has 1 aromatic rings. The molecule has 0 radical (unpaired) electrons. The molecule has 0 unspecified atom stereocenters. The molecular formula is C22H38IN3O3. The summed E-state index contributed by atoms with van der Waals surface area (Å²) in [7, 11) is 0. The maximum atomic E-state index is 5.83. The summed E-state index contributed by atoms with van der Waals surface area (Å²) in [6.07, 6.45) is 3.22. The maximum Gasteiger partial charge on any atom is 0.191 e. The van der Waals surface area contributed by atoms with Gasteiger partial charge in [-0.05, 0) is 50.2 Å². The molecule has 1 saturated heterocycles. The number of rotatable bonds is 12. The Morgan fingerprint density at radius 3 is 2.59 bits per heavy atom. The highest BCUT2D eigenvalue weighted by Gasteiger charge is 2.13. The Balaban J connectivity index is 0.00000420. The summed E-state index contributed by atoms with van der Waals surface area (Å²) >= 11 is 0. The molecule has 6 nitrogen and oxygen atoms in total. The fourth-order valence-corrected chi connectivity index (χ4v) is 3.11. The van der Waals surface area contributed by atoms with Crippen molar-refractivity contribution in [3.63, 3.8) is 0 Å². The van der Waals surface area contributed by atoms with E-state index >= 15 is 0 Å². The van der Waals surface area contributed by atoms with Crippen LogP contribution in [0.3, 0.4) is 0 Å². The molecule has 0 saturated carbocycles. The van der Waals surface area contributed by atoms with E-state index in [4.69, 9.17) is 19.2 Å². The van der Waals surface area contributed by atoms with Gasteiger partial charge in [0.25, 0.3) is 0 Å². The van der Waals surface area contributed by atoms with Crippen LogP contribution in [-0.2, 0) is 27.4 Å². The lowest BCUT2D eigenvalue weighted by molar-refractivity contribution is 0.0203. The van der Waals surface area contributed by atoms with E-state index in [1.54, 1.807) is 0 Å². The van der Waals surface area contributed by atoms with Crippen molar-refractivity contribution in [3.8, 4) is 0 Å². The molecule has 2 rings (SSSR count). The second kappa shape index (κ2) is 16.8. The molecule has 29 heavy (non-hydrogen) atoms. The van der Waals surface area contributed by atoms with Crippen LogP contribution in [0.1, 0.15) is 44.2 Å². The summed E-state index contributed by atoms with van der Waals surface area (Å²) in [6, 6.07) is 8.32. The normalized spacial score (nSPS) is 15.0. The van der Waals surface area contributed by atoms with E-state index in [0.717, 1.165) is 71.3 Å². The molecular weight excluding hydrogens is 481 g/mol. The molecule has 0 bridgehead atoms. The van der Waals surface area contributed by atoms with Crippen LogP contribution in [0.4, 0.5) is 0 Å². The molecule has 1 aromatic carbocycles. The summed E-state index contributed by atoms with van der Waals surface area (Å²) in [4.78, 5) is 4.73. The lowest BCUT2D eigenvalue weighted by Gasteiger charge is -2.21. The maximum absolute atomic E-state index is 5.83. The molecule has 1 aliphatic rings. The fourth-order valence-electron chi connectivity index (χ4n) is 3.11. The van der Waals surface area contributed by atoms with Crippen LogP contribution in [0.25, 0.3) is 0 Å². The van der Waals surface area contributed by atoms with Gasteiger partial charge in [-0.25, -0.2) is 4.99 Å². The Morgan fingerprint density at radius 2 is 1.86 bits per heavy atom. The monoisotopic (exact) mass is 519 g/mol. The number of hydrogen-bond donors (Lipinski definition) is 2. The van der Waals surface area contributed by atoms with E-state index in [9.17, 15) is 0 Å². The van der Waals surface area contributed by atoms with Gasteiger partial charge in [-0.15, -0.1) is 24.0 Å². The Kier molecular flexibility index (Phi) is 15.2. The minimum absolute atomic E-state index is 0. The number of ether oxygens (including phenoxy) is 3. The highest BCUT2D eigenvalue weighted by atomic mass is 127. The van der Waals surface area contributed by atoms with E-state index in [1.807, 2.05) is 13.0 Å². The number of aliphatic imine (C=N–C) groups is 1. The van der Waals surface area contributed by atoms with Gasteiger partial charge in [0.1, 0.15) is 0 Å². The van der Waals surface area contributed by atoms with Crippen LogP contribution in [-0.4, -0.2) is 52.1 Å². The van der Waals surface area contributed by atoms with Gasteiger partial charge in [-0.1, -0.05) is 24.3 Å². The summed E-state index contributed by atoms with van der Waals surface area (Å²) in [5.74, 6) is 1.51. The smallest absolute Gasteiger partial charge is 0.191 e. The van der Waals surface area contributed by atoms with Gasteiger partial charge in [0.2, 0.25) is 0 Å². The van der Waals surface area contributed by atoms with Crippen molar-refractivity contribution in [2.24, 2.45) is 10.9 Å². The van der Waals surface area contributed by atoms with Crippen molar-refractivity contribution >= 4 is 29.9 Å². The van der Waals surface area contributed by atoms with E-state index in [-0.39, 0.29) is 24.0 Å². The zero-order valence-corrected chi connectivity index (χ0v) is 20.3. The molecule has 2 N–H and O–H groups in total. The van der Waals surface area contributed by atoms with Crippen molar-refractivity contribution in [1.29, 1.82) is 0 Å². The Morgan fingerprint density at radius 1 is 1.10 bits per heavy atom. The lowest BCUT2D eigenvalue weighted by atomic mass is 10.0. The van der Waals surface area contributed by atoms with Crippen LogP contribution in [0.15, 0.2) is 29.3 Å². The van der Waals surface area contributed by atoms with Gasteiger partial charge in [0.05, 0.1) is 13.2 Å². The van der Waals surface area contributed by atoms with Gasteiger partial charge < -0.3 is 24.8 Å². The standard InChI is InChI=1S/C22H37N3O3.HI/c1-3-23-22(24-12-7-13-28-17-19-10-14-27-15-11-19)25-16-20-8-5-6-9-21(20)18-26-4-2;/h5-6,8-9,19H,3-4,7,10-18H2,1-2H3,(H2,23,24,25);1H. The summed E-state index contributed by atoms with van der Waals surface area (Å²) in [6.45, 7) is 11.2. The molecule has 1 fully saturated rings. The molecule has 0 spiro atoms. The Labute approximate surface area is 193 Å². The van der Waals surface area contributed by atoms with Crippen LogP contribution in [0, 0.1) is 5.92 Å². The first-order valence-corrected chi connectivity index (χ1v) is 10.7.